The first-order valence-electron chi connectivity index (χ1n) is 13.0. The van der Waals surface area contributed by atoms with Gasteiger partial charge in [-0.3, -0.25) is 4.79 Å². The number of carbonyl (C=O) groups excluding carboxylic acids is 2. The number of aliphatic hydroxyl groups is 1. The molecule has 0 aliphatic heterocycles. The van der Waals surface area contributed by atoms with Gasteiger partial charge in [-0.25, -0.2) is 4.79 Å². The second-order valence-electron chi connectivity index (χ2n) is 10.9. The van der Waals surface area contributed by atoms with E-state index in [2.05, 4.69) is 19.2 Å². The quantitative estimate of drug-likeness (QED) is 0.241. The first kappa shape index (κ1) is 31.7. The summed E-state index contributed by atoms with van der Waals surface area (Å²) in [4.78, 5) is 24.8. The Bertz CT molecular complexity index is 830. The molecule has 0 unspecified atom stereocenters. The summed E-state index contributed by atoms with van der Waals surface area (Å²) in [5.41, 5.74) is -0.0496. The number of carbonyl (C=O) groups is 2. The molecule has 0 aliphatic carbocycles. The van der Waals surface area contributed by atoms with E-state index in [1.807, 2.05) is 20.8 Å². The maximum absolute atomic E-state index is 12.8. The van der Waals surface area contributed by atoms with Gasteiger partial charge >= 0.3 is 11.9 Å². The van der Waals surface area contributed by atoms with Crippen LogP contribution < -0.4 is 14.8 Å². The van der Waals surface area contributed by atoms with Crippen molar-refractivity contribution in [3.05, 3.63) is 23.3 Å². The van der Waals surface area contributed by atoms with E-state index in [0.717, 1.165) is 25.7 Å². The first-order chi connectivity index (χ1) is 16.8. The van der Waals surface area contributed by atoms with Crippen molar-refractivity contribution in [2.75, 3.05) is 33.0 Å². The summed E-state index contributed by atoms with van der Waals surface area (Å²) in [5.74, 6) is 0.311. The smallest absolute Gasteiger partial charge is 0.338 e. The Hall–Kier alpha value is -2.32. The lowest BCUT2D eigenvalue weighted by molar-refractivity contribution is -0.154. The molecule has 1 aromatic carbocycles. The lowest BCUT2D eigenvalue weighted by Crippen LogP contribution is -2.48. The van der Waals surface area contributed by atoms with Crippen molar-refractivity contribution in [2.45, 2.75) is 92.7 Å². The number of benzene rings is 1. The van der Waals surface area contributed by atoms with E-state index in [1.165, 1.54) is 0 Å². The van der Waals surface area contributed by atoms with E-state index >= 15 is 0 Å². The average Bonchev–Trinajstić information content (AvgIpc) is 2.80. The number of unbranched alkanes of at least 4 members (excludes halogenated alkanes) is 2. The summed E-state index contributed by atoms with van der Waals surface area (Å²) in [5, 5.41) is 13.5. The number of β-amino-alcohol motifs (C(OH)–C–C–N with tert-alkyl or cyclic N) is 1. The fraction of sp³-hybridized carbons (Fsp3) is 0.714. The molecule has 206 valence electrons. The Morgan fingerprint density at radius 2 is 1.50 bits per heavy atom. The van der Waals surface area contributed by atoms with Crippen LogP contribution in [0.25, 0.3) is 0 Å². The van der Waals surface area contributed by atoms with Crippen molar-refractivity contribution in [3.63, 3.8) is 0 Å². The Balaban J connectivity index is 2.70. The van der Waals surface area contributed by atoms with Gasteiger partial charge in [-0.05, 0) is 72.1 Å². The van der Waals surface area contributed by atoms with Gasteiger partial charge in [-0.2, -0.15) is 0 Å². The molecule has 2 N–H and O–H groups in total. The van der Waals surface area contributed by atoms with Crippen molar-refractivity contribution in [3.8, 4) is 11.5 Å². The van der Waals surface area contributed by atoms with Crippen LogP contribution in [0.1, 0.15) is 90.1 Å². The highest BCUT2D eigenvalue weighted by Crippen LogP contribution is 2.32. The second kappa shape index (κ2) is 15.1. The number of ether oxygens (including phenoxy) is 4. The first-order valence-corrected chi connectivity index (χ1v) is 13.0. The Kier molecular flexibility index (Phi) is 13.3. The Morgan fingerprint density at radius 1 is 0.944 bits per heavy atom. The molecule has 0 aromatic heterocycles. The third-order valence-corrected chi connectivity index (χ3v) is 5.42. The lowest BCUT2D eigenvalue weighted by Gasteiger charge is -2.28. The highest BCUT2D eigenvalue weighted by molar-refractivity contribution is 5.92. The van der Waals surface area contributed by atoms with Crippen LogP contribution in [0.15, 0.2) is 12.1 Å². The largest absolute Gasteiger partial charge is 0.490 e. The number of aryl methyl sites for hydroxylation is 1. The fourth-order valence-electron chi connectivity index (χ4n) is 2.98. The molecule has 0 saturated carbocycles. The van der Waals surface area contributed by atoms with Gasteiger partial charge in [-0.15, -0.1) is 0 Å². The van der Waals surface area contributed by atoms with Crippen molar-refractivity contribution < 1.29 is 33.6 Å². The average molecular weight is 510 g/mol. The monoisotopic (exact) mass is 509 g/mol. The van der Waals surface area contributed by atoms with Gasteiger partial charge < -0.3 is 29.4 Å². The maximum atomic E-state index is 12.8. The van der Waals surface area contributed by atoms with Crippen LogP contribution in [0.4, 0.5) is 0 Å². The molecule has 0 fully saturated rings. The minimum absolute atomic E-state index is 0.155. The van der Waals surface area contributed by atoms with Crippen molar-refractivity contribution >= 4 is 11.9 Å². The number of hydrogen-bond acceptors (Lipinski definition) is 8. The van der Waals surface area contributed by atoms with E-state index in [0.29, 0.717) is 35.8 Å². The number of nitrogens with one attached hydrogen (secondary N) is 1. The molecule has 0 heterocycles. The fourth-order valence-corrected chi connectivity index (χ4v) is 2.98. The molecule has 8 heteroatoms. The van der Waals surface area contributed by atoms with Crippen LogP contribution in [0.3, 0.4) is 0 Å². The Morgan fingerprint density at radius 3 is 2.03 bits per heavy atom. The van der Waals surface area contributed by atoms with Crippen LogP contribution in [0.2, 0.25) is 0 Å². The standard InChI is InChI=1S/C28H47NO7/c1-9-11-13-33-23-15-20(3)22(16-24(23)34-14-12-10-2)25(31)35-18-21(30)17-29-28(7,8)19-36-26(32)27(4,5)6/h15-16,21,29-30H,9-14,17-19H2,1-8H3/t21-/m0/s1. The van der Waals surface area contributed by atoms with Gasteiger partial charge in [0.2, 0.25) is 0 Å². The molecule has 1 rings (SSSR count). The summed E-state index contributed by atoms with van der Waals surface area (Å²) in [6.07, 6.45) is 2.91. The van der Waals surface area contributed by atoms with E-state index in [1.54, 1.807) is 32.9 Å². The van der Waals surface area contributed by atoms with Crippen LogP contribution in [-0.4, -0.2) is 61.7 Å². The third kappa shape index (κ3) is 11.6. The van der Waals surface area contributed by atoms with Crippen molar-refractivity contribution in [1.29, 1.82) is 0 Å². The zero-order chi connectivity index (χ0) is 27.4. The van der Waals surface area contributed by atoms with Crippen molar-refractivity contribution in [2.24, 2.45) is 5.41 Å². The minimum atomic E-state index is -0.927. The van der Waals surface area contributed by atoms with E-state index in [9.17, 15) is 14.7 Å². The lowest BCUT2D eigenvalue weighted by atomic mass is 9.97. The molecule has 0 spiro atoms. The van der Waals surface area contributed by atoms with E-state index in [-0.39, 0.29) is 25.7 Å². The van der Waals surface area contributed by atoms with Crippen LogP contribution in [0.5, 0.6) is 11.5 Å². The van der Waals surface area contributed by atoms with Crippen molar-refractivity contribution in [1.82, 2.24) is 5.32 Å². The SMILES string of the molecule is CCCCOc1cc(C)c(C(=O)OC[C@@H](O)CNC(C)(C)COC(=O)C(C)(C)C)cc1OCCCC. The van der Waals surface area contributed by atoms with Crippen LogP contribution >= 0.6 is 0 Å². The van der Waals surface area contributed by atoms with Gasteiger partial charge in [0.1, 0.15) is 19.3 Å². The molecular weight excluding hydrogens is 462 g/mol. The van der Waals surface area contributed by atoms with Gasteiger partial charge in [0, 0.05) is 12.1 Å². The van der Waals surface area contributed by atoms with E-state index < -0.39 is 23.0 Å². The van der Waals surface area contributed by atoms with Crippen LogP contribution in [-0.2, 0) is 14.3 Å². The number of rotatable bonds is 16. The maximum Gasteiger partial charge on any atom is 0.338 e. The molecule has 36 heavy (non-hydrogen) atoms. The third-order valence-electron chi connectivity index (χ3n) is 5.42. The number of aliphatic hydroxyl groups excluding tert-OH is 1. The molecule has 0 bridgehead atoms. The minimum Gasteiger partial charge on any atom is -0.490 e. The summed E-state index contributed by atoms with van der Waals surface area (Å²) in [7, 11) is 0. The zero-order valence-electron chi connectivity index (χ0n) is 23.5. The molecule has 1 aromatic rings. The zero-order valence-corrected chi connectivity index (χ0v) is 23.5. The predicted octanol–water partition coefficient (Wildman–Crippen LogP) is 4.83. The number of hydrogen-bond donors (Lipinski definition) is 2. The Labute approximate surface area is 217 Å². The van der Waals surface area contributed by atoms with Gasteiger partial charge in [0.05, 0.1) is 24.2 Å². The van der Waals surface area contributed by atoms with Crippen LogP contribution in [0, 0.1) is 12.3 Å². The molecule has 0 radical (unpaired) electrons. The molecule has 0 amide bonds. The molecule has 1 atom stereocenters. The summed E-state index contributed by atoms with van der Waals surface area (Å²) in [6.45, 7) is 16.4. The van der Waals surface area contributed by atoms with E-state index in [4.69, 9.17) is 18.9 Å². The van der Waals surface area contributed by atoms with Gasteiger partial charge in [0.15, 0.2) is 11.5 Å². The summed E-state index contributed by atoms with van der Waals surface area (Å²) >= 11 is 0. The topological polar surface area (TPSA) is 103 Å². The molecule has 0 saturated heterocycles. The van der Waals surface area contributed by atoms with Gasteiger partial charge in [-0.1, -0.05) is 26.7 Å². The highest BCUT2D eigenvalue weighted by atomic mass is 16.5. The molecule has 0 aliphatic rings. The van der Waals surface area contributed by atoms with Gasteiger partial charge in [0.25, 0.3) is 0 Å². The number of esters is 2. The molecule has 8 nitrogen and oxygen atoms in total. The second-order valence-corrected chi connectivity index (χ2v) is 10.9. The highest BCUT2D eigenvalue weighted by Gasteiger charge is 2.27. The predicted molar refractivity (Wildman–Crippen MR) is 141 cm³/mol. The summed E-state index contributed by atoms with van der Waals surface area (Å²) < 4.78 is 22.5. The summed E-state index contributed by atoms with van der Waals surface area (Å²) in [6, 6.07) is 3.46. The normalized spacial score (nSPS) is 12.7. The molecular formula is C28H47NO7.